The summed E-state index contributed by atoms with van der Waals surface area (Å²) in [5.41, 5.74) is 5.12. The first-order valence-electron chi connectivity index (χ1n) is 10.4. The van der Waals surface area contributed by atoms with E-state index in [9.17, 15) is 0 Å². The molecule has 0 bridgehead atoms. The maximum atomic E-state index is 5.95. The van der Waals surface area contributed by atoms with Crippen LogP contribution in [0.1, 0.15) is 43.4 Å². The van der Waals surface area contributed by atoms with Gasteiger partial charge in [-0.3, -0.25) is 0 Å². The zero-order valence-corrected chi connectivity index (χ0v) is 16.9. The molecule has 0 saturated carbocycles. The highest BCUT2D eigenvalue weighted by Gasteiger charge is 2.38. The van der Waals surface area contributed by atoms with Crippen molar-refractivity contribution < 1.29 is 4.74 Å². The minimum absolute atomic E-state index is 0.284. The van der Waals surface area contributed by atoms with Crippen molar-refractivity contribution in [1.29, 1.82) is 0 Å². The van der Waals surface area contributed by atoms with Gasteiger partial charge in [-0.25, -0.2) is 0 Å². The zero-order chi connectivity index (χ0) is 19.5. The van der Waals surface area contributed by atoms with E-state index < -0.39 is 0 Å². The third-order valence-corrected chi connectivity index (χ3v) is 6.10. The zero-order valence-electron chi connectivity index (χ0n) is 16.9. The van der Waals surface area contributed by atoms with Crippen LogP contribution in [0, 0.1) is 5.92 Å². The lowest BCUT2D eigenvalue weighted by atomic mass is 9.77. The average molecular weight is 375 g/mol. The number of para-hydroxylation sites is 1. The highest BCUT2D eigenvalue weighted by molar-refractivity contribution is 5.68. The summed E-state index contributed by atoms with van der Waals surface area (Å²) in [6.07, 6.45) is 7.61. The molecule has 1 aliphatic carbocycles. The summed E-state index contributed by atoms with van der Waals surface area (Å²) in [6, 6.07) is 15.8. The molecule has 3 nitrogen and oxygen atoms in total. The van der Waals surface area contributed by atoms with Crippen molar-refractivity contribution in [3.05, 3.63) is 78.4 Å². The molecule has 0 aromatic heterocycles. The van der Waals surface area contributed by atoms with Crippen molar-refractivity contribution in [3.63, 3.8) is 0 Å². The molecular formula is C25H30N2O. The van der Waals surface area contributed by atoms with Gasteiger partial charge < -0.3 is 15.0 Å². The Morgan fingerprint density at radius 1 is 1.14 bits per heavy atom. The van der Waals surface area contributed by atoms with Crippen LogP contribution in [-0.2, 0) is 0 Å². The lowest BCUT2D eigenvalue weighted by Gasteiger charge is -2.38. The minimum Gasteiger partial charge on any atom is -0.487 e. The van der Waals surface area contributed by atoms with Crippen molar-refractivity contribution in [2.24, 2.45) is 5.92 Å². The molecule has 28 heavy (non-hydrogen) atoms. The molecule has 0 radical (unpaired) electrons. The molecule has 0 spiro atoms. The summed E-state index contributed by atoms with van der Waals surface area (Å²) in [7, 11) is 0. The van der Waals surface area contributed by atoms with Gasteiger partial charge in [0.05, 0.1) is 11.7 Å². The van der Waals surface area contributed by atoms with E-state index in [0.717, 1.165) is 30.9 Å². The Balaban J connectivity index is 1.67. The number of hydrogen-bond donors (Lipinski definition) is 1. The summed E-state index contributed by atoms with van der Waals surface area (Å²) in [5, 5.41) is 3.83. The summed E-state index contributed by atoms with van der Waals surface area (Å²) in [4.78, 5) is 2.38. The minimum atomic E-state index is 0.284. The number of allylic oxidation sites excluding steroid dienone is 2. The molecule has 0 amide bonds. The maximum absolute atomic E-state index is 5.95. The number of hydrogen-bond acceptors (Lipinski definition) is 3. The Hall–Kier alpha value is -2.68. The van der Waals surface area contributed by atoms with E-state index in [2.05, 4.69) is 85.3 Å². The quantitative estimate of drug-likeness (QED) is 0.608. The smallest absolute Gasteiger partial charge is 0.143 e. The molecule has 0 saturated heterocycles. The lowest BCUT2D eigenvalue weighted by Crippen LogP contribution is -2.29. The Morgan fingerprint density at radius 3 is 2.64 bits per heavy atom. The molecule has 1 N–H and O–H groups in total. The number of benzene rings is 2. The Bertz CT molecular complexity index is 851. The van der Waals surface area contributed by atoms with Gasteiger partial charge in [0.2, 0.25) is 0 Å². The fraction of sp³-hybridized carbons (Fsp3) is 0.360. The SMILES string of the molecule is C=CCOc1cccc2c1NC(c1ccc(N(CC)CC)cc1)C1CC=CC21. The van der Waals surface area contributed by atoms with Crippen LogP contribution in [0.25, 0.3) is 0 Å². The summed E-state index contributed by atoms with van der Waals surface area (Å²) < 4.78 is 5.95. The van der Waals surface area contributed by atoms with E-state index in [0.29, 0.717) is 18.4 Å². The fourth-order valence-electron chi connectivity index (χ4n) is 4.67. The van der Waals surface area contributed by atoms with Crippen LogP contribution in [0.4, 0.5) is 11.4 Å². The van der Waals surface area contributed by atoms with Crippen LogP contribution >= 0.6 is 0 Å². The number of rotatable bonds is 7. The van der Waals surface area contributed by atoms with Gasteiger partial charge in [-0.1, -0.05) is 49.1 Å². The van der Waals surface area contributed by atoms with Gasteiger partial charge in [0.15, 0.2) is 0 Å². The molecule has 4 rings (SSSR count). The molecule has 0 fully saturated rings. The second-order valence-electron chi connectivity index (χ2n) is 7.56. The largest absolute Gasteiger partial charge is 0.487 e. The average Bonchev–Trinajstić information content (AvgIpc) is 3.23. The van der Waals surface area contributed by atoms with Crippen LogP contribution < -0.4 is 15.0 Å². The molecular weight excluding hydrogens is 344 g/mol. The van der Waals surface area contributed by atoms with Crippen LogP contribution in [0.3, 0.4) is 0 Å². The standard InChI is InChI=1S/C25H30N2O/c1-4-17-28-23-12-8-11-22-20-9-7-10-21(20)24(26-25(22)23)18-13-15-19(16-14-18)27(5-2)6-3/h4,7-9,11-16,20-21,24,26H,1,5-6,10,17H2,2-3H3. The first-order chi connectivity index (χ1) is 13.8. The van der Waals surface area contributed by atoms with Crippen molar-refractivity contribution in [2.75, 3.05) is 29.9 Å². The highest BCUT2D eigenvalue weighted by atomic mass is 16.5. The lowest BCUT2D eigenvalue weighted by molar-refractivity contribution is 0.358. The van der Waals surface area contributed by atoms with E-state index in [1.807, 2.05) is 0 Å². The third-order valence-electron chi connectivity index (χ3n) is 6.10. The van der Waals surface area contributed by atoms with Crippen molar-refractivity contribution in [2.45, 2.75) is 32.2 Å². The molecule has 2 aromatic carbocycles. The molecule has 3 unspecified atom stereocenters. The van der Waals surface area contributed by atoms with Crippen molar-refractivity contribution >= 4 is 11.4 Å². The second-order valence-corrected chi connectivity index (χ2v) is 7.56. The summed E-state index contributed by atoms with van der Waals surface area (Å²) in [6.45, 7) is 10.8. The van der Waals surface area contributed by atoms with Crippen molar-refractivity contribution in [3.8, 4) is 5.75 Å². The monoisotopic (exact) mass is 374 g/mol. The third kappa shape index (κ3) is 3.30. The van der Waals surface area contributed by atoms with Gasteiger partial charge in [0.25, 0.3) is 0 Å². The topological polar surface area (TPSA) is 24.5 Å². The van der Waals surface area contributed by atoms with Gasteiger partial charge in [0, 0.05) is 24.7 Å². The Morgan fingerprint density at radius 2 is 1.93 bits per heavy atom. The van der Waals surface area contributed by atoms with E-state index in [4.69, 9.17) is 4.74 Å². The van der Waals surface area contributed by atoms with Gasteiger partial charge in [-0.05, 0) is 55.5 Å². The molecule has 2 aromatic rings. The van der Waals surface area contributed by atoms with Gasteiger partial charge in [-0.15, -0.1) is 0 Å². The number of nitrogens with zero attached hydrogens (tertiary/aromatic N) is 1. The van der Waals surface area contributed by atoms with Gasteiger partial charge in [-0.2, -0.15) is 0 Å². The number of anilines is 2. The van der Waals surface area contributed by atoms with E-state index in [1.165, 1.54) is 16.8 Å². The van der Waals surface area contributed by atoms with E-state index in [-0.39, 0.29) is 6.04 Å². The number of nitrogens with one attached hydrogen (secondary N) is 1. The van der Waals surface area contributed by atoms with E-state index in [1.54, 1.807) is 6.08 Å². The molecule has 2 aliphatic rings. The molecule has 3 atom stereocenters. The Labute approximate surface area is 168 Å². The van der Waals surface area contributed by atoms with Crippen LogP contribution in [-0.4, -0.2) is 19.7 Å². The van der Waals surface area contributed by atoms with Gasteiger partial charge in [0.1, 0.15) is 12.4 Å². The molecule has 1 aliphatic heterocycles. The fourth-order valence-corrected chi connectivity index (χ4v) is 4.67. The normalized spacial score (nSPS) is 22.1. The van der Waals surface area contributed by atoms with Crippen LogP contribution in [0.5, 0.6) is 5.75 Å². The van der Waals surface area contributed by atoms with Gasteiger partial charge >= 0.3 is 0 Å². The highest BCUT2D eigenvalue weighted by Crippen LogP contribution is 2.52. The first-order valence-corrected chi connectivity index (χ1v) is 10.4. The Kier molecular flexibility index (Phi) is 5.43. The summed E-state index contributed by atoms with van der Waals surface area (Å²) in [5.74, 6) is 1.90. The number of fused-ring (bicyclic) bond motifs is 3. The van der Waals surface area contributed by atoms with Crippen LogP contribution in [0.2, 0.25) is 0 Å². The second kappa shape index (κ2) is 8.14. The van der Waals surface area contributed by atoms with E-state index >= 15 is 0 Å². The molecule has 146 valence electrons. The predicted molar refractivity (Wildman–Crippen MR) is 118 cm³/mol. The number of ether oxygens (including phenoxy) is 1. The summed E-state index contributed by atoms with van der Waals surface area (Å²) >= 11 is 0. The molecule has 1 heterocycles. The van der Waals surface area contributed by atoms with Crippen molar-refractivity contribution in [1.82, 2.24) is 0 Å². The maximum Gasteiger partial charge on any atom is 0.143 e. The van der Waals surface area contributed by atoms with Crippen LogP contribution in [0.15, 0.2) is 67.3 Å². The first kappa shape index (κ1) is 18.7. The molecule has 3 heteroatoms. The predicted octanol–water partition coefficient (Wildman–Crippen LogP) is 5.92.